The normalized spacial score (nSPS) is 15.6. The quantitative estimate of drug-likeness (QED) is 0.319. The zero-order chi connectivity index (χ0) is 25.8. The average Bonchev–Trinajstić information content (AvgIpc) is 2.94. The molecule has 0 spiro atoms. The summed E-state index contributed by atoms with van der Waals surface area (Å²) >= 11 is 6.16. The van der Waals surface area contributed by atoms with Crippen LogP contribution in [0.4, 0.5) is 4.39 Å². The molecule has 0 bridgehead atoms. The first-order valence-electron chi connectivity index (χ1n) is 12.4. The van der Waals surface area contributed by atoms with Gasteiger partial charge in [0.1, 0.15) is 5.82 Å². The lowest BCUT2D eigenvalue weighted by Gasteiger charge is -2.28. The SMILES string of the molecule is CCN1CCC(N=CC(=CN)c2cncc(-c3cc(-c4cc(Cl)ccc4F)nc4ncccc34)c2)CC1. The Hall–Kier alpha value is -3.68. The Morgan fingerprint density at radius 1 is 1.16 bits per heavy atom. The van der Waals surface area contributed by atoms with Gasteiger partial charge in [-0.15, -0.1) is 0 Å². The van der Waals surface area contributed by atoms with Gasteiger partial charge in [0.05, 0.1) is 11.7 Å². The van der Waals surface area contributed by atoms with Gasteiger partial charge >= 0.3 is 0 Å². The molecule has 2 N–H and O–H groups in total. The third kappa shape index (κ3) is 5.53. The highest BCUT2D eigenvalue weighted by Crippen LogP contribution is 2.33. The number of hydrogen-bond acceptors (Lipinski definition) is 6. The van der Waals surface area contributed by atoms with E-state index in [9.17, 15) is 4.39 Å². The number of nitrogens with zero attached hydrogens (tertiary/aromatic N) is 5. The van der Waals surface area contributed by atoms with Crippen molar-refractivity contribution in [3.05, 3.63) is 83.7 Å². The fourth-order valence-electron chi connectivity index (χ4n) is 4.66. The van der Waals surface area contributed by atoms with Crippen LogP contribution in [0.1, 0.15) is 25.3 Å². The molecule has 0 atom stereocenters. The monoisotopic (exact) mass is 514 g/mol. The first-order valence-corrected chi connectivity index (χ1v) is 12.8. The van der Waals surface area contributed by atoms with E-state index in [4.69, 9.17) is 22.3 Å². The number of fused-ring (bicyclic) bond motifs is 1. The van der Waals surface area contributed by atoms with Crippen LogP contribution < -0.4 is 5.73 Å². The number of likely N-dealkylation sites (tertiary alicyclic amines) is 1. The summed E-state index contributed by atoms with van der Waals surface area (Å²) in [5.74, 6) is -0.403. The molecular weight excluding hydrogens is 487 g/mol. The van der Waals surface area contributed by atoms with E-state index < -0.39 is 5.82 Å². The Morgan fingerprint density at radius 3 is 2.78 bits per heavy atom. The largest absolute Gasteiger partial charge is 0.404 e. The Kier molecular flexibility index (Phi) is 7.53. The lowest BCUT2D eigenvalue weighted by Crippen LogP contribution is -2.35. The number of hydrogen-bond donors (Lipinski definition) is 1. The van der Waals surface area contributed by atoms with Gasteiger partial charge in [-0.05, 0) is 67.4 Å². The van der Waals surface area contributed by atoms with Crippen molar-refractivity contribution >= 4 is 34.4 Å². The molecule has 0 amide bonds. The molecule has 5 rings (SSSR count). The molecule has 6 nitrogen and oxygen atoms in total. The van der Waals surface area contributed by atoms with Crippen molar-refractivity contribution in [1.82, 2.24) is 19.9 Å². The standard InChI is InChI=1S/C29H28ClFN6/c1-2-37-10-7-23(8-11-37)35-18-21(15-32)19-12-20(17-33-16-19)25-14-28(26-13-22(30)5-6-27(26)31)36-29-24(25)4-3-9-34-29/h3-6,9,12-18,23H,2,7-8,10-11,32H2,1H3. The number of aromatic nitrogens is 3. The van der Waals surface area contributed by atoms with E-state index in [1.54, 1.807) is 30.9 Å². The fraction of sp³-hybridized carbons (Fsp3) is 0.241. The summed E-state index contributed by atoms with van der Waals surface area (Å²) in [6.07, 6.45) is 10.7. The molecule has 1 saturated heterocycles. The highest BCUT2D eigenvalue weighted by Gasteiger charge is 2.17. The highest BCUT2D eigenvalue weighted by molar-refractivity contribution is 6.30. The maximum Gasteiger partial charge on any atom is 0.160 e. The zero-order valence-corrected chi connectivity index (χ0v) is 21.4. The Bertz CT molecular complexity index is 1480. The van der Waals surface area contributed by atoms with Crippen molar-refractivity contribution < 1.29 is 4.39 Å². The molecule has 1 aliphatic heterocycles. The summed E-state index contributed by atoms with van der Waals surface area (Å²) in [4.78, 5) is 20.8. The van der Waals surface area contributed by atoms with Crippen LogP contribution in [0.5, 0.6) is 0 Å². The number of halogens is 2. The molecule has 0 unspecified atom stereocenters. The van der Waals surface area contributed by atoms with E-state index in [0.29, 0.717) is 28.0 Å². The van der Waals surface area contributed by atoms with Gasteiger partial charge in [-0.2, -0.15) is 0 Å². The number of aliphatic imine (C=N–C) groups is 1. The Labute approximate surface area is 220 Å². The molecule has 4 aromatic rings. The summed E-state index contributed by atoms with van der Waals surface area (Å²) in [5.41, 5.74) is 10.6. The molecule has 1 aliphatic rings. The van der Waals surface area contributed by atoms with E-state index in [-0.39, 0.29) is 0 Å². The van der Waals surface area contributed by atoms with Crippen LogP contribution in [-0.2, 0) is 0 Å². The summed E-state index contributed by atoms with van der Waals surface area (Å²) < 4.78 is 14.7. The smallest absolute Gasteiger partial charge is 0.160 e. The third-order valence-corrected chi connectivity index (χ3v) is 7.01. The predicted octanol–water partition coefficient (Wildman–Crippen LogP) is 6.01. The van der Waals surface area contributed by atoms with Crippen LogP contribution in [-0.4, -0.2) is 51.7 Å². The van der Waals surface area contributed by atoms with Gasteiger partial charge in [-0.25, -0.2) is 14.4 Å². The molecule has 188 valence electrons. The summed E-state index contributed by atoms with van der Waals surface area (Å²) in [7, 11) is 0. The first-order chi connectivity index (χ1) is 18.1. The second-order valence-corrected chi connectivity index (χ2v) is 9.52. The van der Waals surface area contributed by atoms with Crippen molar-refractivity contribution in [2.24, 2.45) is 10.7 Å². The molecule has 37 heavy (non-hydrogen) atoms. The van der Waals surface area contributed by atoms with Gasteiger partial charge in [-0.3, -0.25) is 9.98 Å². The van der Waals surface area contributed by atoms with Crippen molar-refractivity contribution in [2.45, 2.75) is 25.8 Å². The molecule has 1 fully saturated rings. The van der Waals surface area contributed by atoms with Crippen molar-refractivity contribution in [3.63, 3.8) is 0 Å². The molecule has 1 aromatic carbocycles. The molecule has 8 heteroatoms. The predicted molar refractivity (Wildman–Crippen MR) is 149 cm³/mol. The molecule has 0 radical (unpaired) electrons. The van der Waals surface area contributed by atoms with Crippen LogP contribution in [0.2, 0.25) is 5.02 Å². The lowest BCUT2D eigenvalue weighted by atomic mass is 9.98. The van der Waals surface area contributed by atoms with E-state index in [1.165, 1.54) is 12.1 Å². The van der Waals surface area contributed by atoms with Crippen LogP contribution in [0.15, 0.2) is 72.2 Å². The van der Waals surface area contributed by atoms with Gasteiger partial charge in [-0.1, -0.05) is 18.5 Å². The topological polar surface area (TPSA) is 80.3 Å². The minimum Gasteiger partial charge on any atom is -0.404 e. The maximum absolute atomic E-state index is 14.7. The van der Waals surface area contributed by atoms with Crippen molar-refractivity contribution in [2.75, 3.05) is 19.6 Å². The number of benzene rings is 1. The third-order valence-electron chi connectivity index (χ3n) is 6.78. The summed E-state index contributed by atoms with van der Waals surface area (Å²) in [5, 5.41) is 1.27. The lowest BCUT2D eigenvalue weighted by molar-refractivity contribution is 0.224. The van der Waals surface area contributed by atoms with E-state index in [2.05, 4.69) is 26.8 Å². The van der Waals surface area contributed by atoms with Gasteiger partial charge in [0.25, 0.3) is 0 Å². The maximum atomic E-state index is 14.7. The second kappa shape index (κ2) is 11.2. The first kappa shape index (κ1) is 25.0. The minimum absolute atomic E-state index is 0.291. The molecule has 0 aliphatic carbocycles. The zero-order valence-electron chi connectivity index (χ0n) is 20.6. The Morgan fingerprint density at radius 2 is 2.00 bits per heavy atom. The van der Waals surface area contributed by atoms with Crippen molar-refractivity contribution in [3.8, 4) is 22.4 Å². The van der Waals surface area contributed by atoms with Gasteiger partial charge < -0.3 is 10.6 Å². The van der Waals surface area contributed by atoms with Crippen LogP contribution in [0, 0.1) is 5.82 Å². The summed E-state index contributed by atoms with van der Waals surface area (Å²) in [6, 6.07) is 12.4. The fourth-order valence-corrected chi connectivity index (χ4v) is 4.83. The average molecular weight is 515 g/mol. The number of piperidine rings is 1. The highest BCUT2D eigenvalue weighted by atomic mass is 35.5. The van der Waals surface area contributed by atoms with Gasteiger partial charge in [0.2, 0.25) is 0 Å². The number of allylic oxidation sites excluding steroid dienone is 1. The molecular formula is C29H28ClFN6. The second-order valence-electron chi connectivity index (χ2n) is 9.08. The number of rotatable bonds is 6. The van der Waals surface area contributed by atoms with Crippen LogP contribution in [0.25, 0.3) is 39.0 Å². The van der Waals surface area contributed by atoms with Gasteiger partial charge in [0, 0.05) is 76.8 Å². The van der Waals surface area contributed by atoms with E-state index in [0.717, 1.165) is 60.1 Å². The van der Waals surface area contributed by atoms with Crippen LogP contribution >= 0.6 is 11.6 Å². The summed E-state index contributed by atoms with van der Waals surface area (Å²) in [6.45, 7) is 5.40. The number of pyridine rings is 3. The van der Waals surface area contributed by atoms with E-state index >= 15 is 0 Å². The van der Waals surface area contributed by atoms with Crippen molar-refractivity contribution in [1.29, 1.82) is 0 Å². The Balaban J connectivity index is 1.52. The van der Waals surface area contributed by atoms with Gasteiger partial charge in [0.15, 0.2) is 5.65 Å². The molecule has 0 saturated carbocycles. The number of nitrogens with two attached hydrogens (primary N) is 1. The van der Waals surface area contributed by atoms with E-state index in [1.807, 2.05) is 30.5 Å². The van der Waals surface area contributed by atoms with Crippen LogP contribution in [0.3, 0.4) is 0 Å². The molecule has 3 aromatic heterocycles. The molecule has 4 heterocycles. The minimum atomic E-state index is -0.403.